The second-order valence-electron chi connectivity index (χ2n) is 5.96. The van der Waals surface area contributed by atoms with Crippen molar-refractivity contribution in [1.29, 1.82) is 0 Å². The highest BCUT2D eigenvalue weighted by Gasteiger charge is 2.16. The summed E-state index contributed by atoms with van der Waals surface area (Å²) in [6.07, 6.45) is 4.70. The molecule has 2 aromatic carbocycles. The predicted octanol–water partition coefficient (Wildman–Crippen LogP) is 3.68. The Kier molecular flexibility index (Phi) is 3.10. The number of nitrogens with zero attached hydrogens (tertiary/aromatic N) is 2. The van der Waals surface area contributed by atoms with E-state index in [4.69, 9.17) is 5.73 Å². The maximum Gasteiger partial charge on any atom is 0.201 e. The van der Waals surface area contributed by atoms with Crippen LogP contribution in [0.15, 0.2) is 36.4 Å². The summed E-state index contributed by atoms with van der Waals surface area (Å²) in [4.78, 5) is 4.47. The Balaban J connectivity index is 1.83. The second kappa shape index (κ2) is 5.13. The third-order valence-electron chi connectivity index (χ3n) is 4.53. The lowest BCUT2D eigenvalue weighted by Gasteiger charge is -2.16. The molecule has 1 aliphatic rings. The van der Waals surface area contributed by atoms with Crippen molar-refractivity contribution in [2.24, 2.45) is 0 Å². The molecular weight excluding hydrogens is 277 g/mol. The summed E-state index contributed by atoms with van der Waals surface area (Å²) in [6.45, 7) is 0.411. The van der Waals surface area contributed by atoms with Crippen LogP contribution in [0.5, 0.6) is 0 Å². The SMILES string of the molecule is Nc1nc2cc3c(cc2n1Cc1ccccc1F)CCCC3. The Morgan fingerprint density at radius 1 is 1.09 bits per heavy atom. The van der Waals surface area contributed by atoms with E-state index in [2.05, 4.69) is 17.1 Å². The van der Waals surface area contributed by atoms with Crippen molar-refractivity contribution in [1.82, 2.24) is 9.55 Å². The third kappa shape index (κ3) is 2.15. The van der Waals surface area contributed by atoms with E-state index in [1.807, 2.05) is 10.6 Å². The fourth-order valence-corrected chi connectivity index (χ4v) is 3.34. The van der Waals surface area contributed by atoms with Gasteiger partial charge in [0.25, 0.3) is 0 Å². The lowest BCUT2D eigenvalue weighted by atomic mass is 9.91. The molecule has 0 bridgehead atoms. The van der Waals surface area contributed by atoms with Crippen molar-refractivity contribution in [3.8, 4) is 0 Å². The van der Waals surface area contributed by atoms with E-state index < -0.39 is 0 Å². The van der Waals surface area contributed by atoms with Gasteiger partial charge in [0.05, 0.1) is 17.6 Å². The number of benzene rings is 2. The fraction of sp³-hybridized carbons (Fsp3) is 0.278. The van der Waals surface area contributed by atoms with E-state index in [0.717, 1.165) is 23.9 Å². The molecule has 0 radical (unpaired) electrons. The summed E-state index contributed by atoms with van der Waals surface area (Å²) in [6, 6.07) is 11.2. The summed E-state index contributed by atoms with van der Waals surface area (Å²) in [5.74, 6) is 0.238. The van der Waals surface area contributed by atoms with E-state index >= 15 is 0 Å². The van der Waals surface area contributed by atoms with Crippen LogP contribution in [0.1, 0.15) is 29.5 Å². The van der Waals surface area contributed by atoms with Gasteiger partial charge < -0.3 is 10.3 Å². The molecule has 2 N–H and O–H groups in total. The normalized spacial score (nSPS) is 14.2. The number of halogens is 1. The summed E-state index contributed by atoms with van der Waals surface area (Å²) in [5, 5.41) is 0. The first-order valence-electron chi connectivity index (χ1n) is 7.73. The van der Waals surface area contributed by atoms with Crippen molar-refractivity contribution in [2.45, 2.75) is 32.2 Å². The minimum Gasteiger partial charge on any atom is -0.369 e. The zero-order valence-electron chi connectivity index (χ0n) is 12.3. The molecule has 22 heavy (non-hydrogen) atoms. The van der Waals surface area contributed by atoms with Crippen molar-refractivity contribution < 1.29 is 4.39 Å². The van der Waals surface area contributed by atoms with E-state index in [-0.39, 0.29) is 5.82 Å². The molecule has 0 amide bonds. The van der Waals surface area contributed by atoms with Crippen LogP contribution in [-0.2, 0) is 19.4 Å². The van der Waals surface area contributed by atoms with Crippen LogP contribution < -0.4 is 5.73 Å². The topological polar surface area (TPSA) is 43.8 Å². The minimum absolute atomic E-state index is 0.207. The van der Waals surface area contributed by atoms with Crippen LogP contribution in [0.2, 0.25) is 0 Å². The third-order valence-corrected chi connectivity index (χ3v) is 4.53. The maximum absolute atomic E-state index is 13.9. The predicted molar refractivity (Wildman–Crippen MR) is 86.3 cm³/mol. The van der Waals surface area contributed by atoms with Crippen LogP contribution in [-0.4, -0.2) is 9.55 Å². The maximum atomic E-state index is 13.9. The molecule has 4 rings (SSSR count). The van der Waals surface area contributed by atoms with Gasteiger partial charge in [0.1, 0.15) is 5.82 Å². The number of hydrogen-bond donors (Lipinski definition) is 1. The number of aryl methyl sites for hydroxylation is 2. The molecule has 3 nitrogen and oxygen atoms in total. The van der Waals surface area contributed by atoms with Crippen molar-refractivity contribution >= 4 is 17.0 Å². The largest absolute Gasteiger partial charge is 0.369 e. The average Bonchev–Trinajstić information content (AvgIpc) is 2.82. The number of fused-ring (bicyclic) bond motifs is 2. The molecule has 1 aromatic heterocycles. The number of nitrogen functional groups attached to an aromatic ring is 1. The first-order valence-corrected chi connectivity index (χ1v) is 7.73. The number of aromatic nitrogens is 2. The highest BCUT2D eigenvalue weighted by Crippen LogP contribution is 2.28. The quantitative estimate of drug-likeness (QED) is 0.783. The molecule has 1 heterocycles. The highest BCUT2D eigenvalue weighted by molar-refractivity contribution is 5.80. The van der Waals surface area contributed by atoms with Gasteiger partial charge in [-0.3, -0.25) is 0 Å². The molecule has 3 aromatic rings. The number of anilines is 1. The monoisotopic (exact) mass is 295 g/mol. The van der Waals surface area contributed by atoms with E-state index in [1.165, 1.54) is 30.0 Å². The van der Waals surface area contributed by atoms with Crippen LogP contribution in [0.3, 0.4) is 0 Å². The minimum atomic E-state index is -0.207. The zero-order chi connectivity index (χ0) is 15.1. The van der Waals surface area contributed by atoms with Crippen molar-refractivity contribution in [3.63, 3.8) is 0 Å². The van der Waals surface area contributed by atoms with Crippen LogP contribution in [0.25, 0.3) is 11.0 Å². The van der Waals surface area contributed by atoms with E-state index in [9.17, 15) is 4.39 Å². The Hall–Kier alpha value is -2.36. The lowest BCUT2D eigenvalue weighted by Crippen LogP contribution is -2.07. The number of imidazole rings is 1. The molecular formula is C18H18FN3. The highest BCUT2D eigenvalue weighted by atomic mass is 19.1. The Morgan fingerprint density at radius 2 is 1.82 bits per heavy atom. The van der Waals surface area contributed by atoms with Crippen molar-refractivity contribution in [2.75, 3.05) is 5.73 Å². The standard InChI is InChI=1S/C18H18FN3/c19-15-8-4-3-7-14(15)11-22-17-10-13-6-2-1-5-12(13)9-16(17)21-18(22)20/h3-4,7-10H,1-2,5-6,11H2,(H2,20,21). The zero-order valence-corrected chi connectivity index (χ0v) is 12.3. The molecule has 0 saturated heterocycles. The van der Waals surface area contributed by atoms with Gasteiger partial charge >= 0.3 is 0 Å². The second-order valence-corrected chi connectivity index (χ2v) is 5.96. The molecule has 4 heteroatoms. The first-order chi connectivity index (χ1) is 10.7. The Labute approximate surface area is 128 Å². The van der Waals surface area contributed by atoms with Gasteiger partial charge in [-0.2, -0.15) is 0 Å². The van der Waals surface area contributed by atoms with Crippen molar-refractivity contribution in [3.05, 3.63) is 58.9 Å². The summed E-state index contributed by atoms with van der Waals surface area (Å²) in [7, 11) is 0. The molecule has 0 saturated carbocycles. The molecule has 0 spiro atoms. The Bertz CT molecular complexity index is 851. The average molecular weight is 295 g/mol. The molecule has 0 aliphatic heterocycles. The summed E-state index contributed by atoms with van der Waals surface area (Å²) >= 11 is 0. The summed E-state index contributed by atoms with van der Waals surface area (Å²) in [5.41, 5.74) is 11.4. The van der Waals surface area contributed by atoms with Crippen LogP contribution >= 0.6 is 0 Å². The molecule has 0 atom stereocenters. The van der Waals surface area contributed by atoms with Gasteiger partial charge in [0.2, 0.25) is 5.95 Å². The summed E-state index contributed by atoms with van der Waals surface area (Å²) < 4.78 is 15.8. The Morgan fingerprint density at radius 3 is 2.59 bits per heavy atom. The number of rotatable bonds is 2. The molecule has 1 aliphatic carbocycles. The number of nitrogens with two attached hydrogens (primary N) is 1. The molecule has 112 valence electrons. The number of hydrogen-bond acceptors (Lipinski definition) is 2. The van der Waals surface area contributed by atoms with Gasteiger partial charge in [0, 0.05) is 5.56 Å². The van der Waals surface area contributed by atoms with E-state index in [1.54, 1.807) is 12.1 Å². The van der Waals surface area contributed by atoms with Gasteiger partial charge in [-0.15, -0.1) is 0 Å². The van der Waals surface area contributed by atoms with Gasteiger partial charge in [-0.25, -0.2) is 9.37 Å². The van der Waals surface area contributed by atoms with Crippen LogP contribution in [0, 0.1) is 5.82 Å². The first kappa shape index (κ1) is 13.3. The lowest BCUT2D eigenvalue weighted by molar-refractivity contribution is 0.602. The van der Waals surface area contributed by atoms with Gasteiger partial charge in [-0.1, -0.05) is 18.2 Å². The van der Waals surface area contributed by atoms with Crippen LogP contribution in [0.4, 0.5) is 10.3 Å². The fourth-order valence-electron chi connectivity index (χ4n) is 3.34. The smallest absolute Gasteiger partial charge is 0.201 e. The van der Waals surface area contributed by atoms with E-state index in [0.29, 0.717) is 18.1 Å². The van der Waals surface area contributed by atoms with Gasteiger partial charge in [-0.05, 0) is 55.0 Å². The molecule has 0 unspecified atom stereocenters. The molecule has 0 fully saturated rings. The van der Waals surface area contributed by atoms with Gasteiger partial charge in [0.15, 0.2) is 0 Å².